The van der Waals surface area contributed by atoms with Crippen molar-refractivity contribution in [3.8, 4) is 28.4 Å². The molecule has 274 valence electrons. The Morgan fingerprint density at radius 3 is 2.45 bits per heavy atom. The molecule has 0 spiro atoms. The zero-order chi connectivity index (χ0) is 37.5. The van der Waals surface area contributed by atoms with Gasteiger partial charge in [-0.2, -0.15) is 0 Å². The van der Waals surface area contributed by atoms with Crippen molar-refractivity contribution in [2.75, 3.05) is 25.1 Å². The SMILES string of the molecule is Cc1noc(C)c1-c1nc(-c2cc(OCC(CN(C)C(=O)OC(C)(C)C)O[Si](C)(C)C(C)(C)C)ccc2Cl)nc(N2Cc3cncnc3C2)c1C. The molecule has 0 aliphatic carbocycles. The first kappa shape index (κ1) is 38.2. The number of rotatable bonds is 10. The zero-order valence-corrected chi connectivity index (χ0v) is 33.6. The van der Waals surface area contributed by atoms with Crippen LogP contribution >= 0.6 is 11.6 Å². The highest BCUT2D eigenvalue weighted by Gasteiger charge is 2.40. The molecule has 0 bridgehead atoms. The maximum Gasteiger partial charge on any atom is 0.410 e. The summed E-state index contributed by atoms with van der Waals surface area (Å²) in [5.74, 6) is 2.41. The number of hydrogen-bond donors (Lipinski definition) is 0. The lowest BCUT2D eigenvalue weighted by molar-refractivity contribution is 0.0172. The van der Waals surface area contributed by atoms with E-state index in [4.69, 9.17) is 40.0 Å². The number of nitrogens with zero attached hydrogens (tertiary/aromatic N) is 7. The van der Waals surface area contributed by atoms with Crippen LogP contribution in [0.1, 0.15) is 69.8 Å². The lowest BCUT2D eigenvalue weighted by Crippen LogP contribution is -2.49. The number of aromatic nitrogens is 5. The highest BCUT2D eigenvalue weighted by atomic mass is 35.5. The van der Waals surface area contributed by atoms with Gasteiger partial charge in [-0.3, -0.25) is 0 Å². The second-order valence-corrected chi connectivity index (χ2v) is 20.9. The number of hydrogen-bond acceptors (Lipinski definition) is 11. The normalized spacial score (nSPS) is 14.0. The summed E-state index contributed by atoms with van der Waals surface area (Å²) >= 11 is 6.88. The Bertz CT molecular complexity index is 1860. The van der Waals surface area contributed by atoms with Gasteiger partial charge in [0.1, 0.15) is 35.9 Å². The molecule has 12 nitrogen and oxygen atoms in total. The van der Waals surface area contributed by atoms with Crippen LogP contribution in [0.15, 0.2) is 35.2 Å². The van der Waals surface area contributed by atoms with E-state index in [1.807, 2.05) is 59.9 Å². The van der Waals surface area contributed by atoms with Gasteiger partial charge >= 0.3 is 6.09 Å². The number of ether oxygens (including phenoxy) is 2. The molecule has 3 aromatic heterocycles. The Balaban J connectivity index is 1.49. The minimum absolute atomic E-state index is 0.0497. The number of amides is 1. The van der Waals surface area contributed by atoms with E-state index >= 15 is 0 Å². The summed E-state index contributed by atoms with van der Waals surface area (Å²) in [5.41, 5.74) is 5.15. The molecule has 1 atom stereocenters. The van der Waals surface area contributed by atoms with Crippen molar-refractivity contribution in [1.29, 1.82) is 0 Å². The van der Waals surface area contributed by atoms with E-state index in [1.54, 1.807) is 24.3 Å². The molecule has 0 saturated carbocycles. The molecular formula is C37H50ClN7O5Si. The van der Waals surface area contributed by atoms with E-state index in [1.165, 1.54) is 0 Å². The fourth-order valence-electron chi connectivity index (χ4n) is 5.64. The third-order valence-electron chi connectivity index (χ3n) is 9.34. The van der Waals surface area contributed by atoms with E-state index in [0.717, 1.165) is 33.9 Å². The molecule has 1 aromatic carbocycles. The summed E-state index contributed by atoms with van der Waals surface area (Å²) in [6, 6.07) is 5.44. The Kier molecular flexibility index (Phi) is 10.9. The summed E-state index contributed by atoms with van der Waals surface area (Å²) in [6.45, 7) is 23.9. The number of likely N-dealkylation sites (N-methyl/N-ethyl adjacent to an activating group) is 1. The Morgan fingerprint density at radius 2 is 1.82 bits per heavy atom. The number of carbonyl (C=O) groups excluding carboxylic acids is 1. The van der Waals surface area contributed by atoms with Crippen LogP contribution in [0.3, 0.4) is 0 Å². The van der Waals surface area contributed by atoms with Crippen LogP contribution in [0, 0.1) is 20.8 Å². The number of fused-ring (bicyclic) bond motifs is 1. The minimum atomic E-state index is -2.24. The van der Waals surface area contributed by atoms with Gasteiger partial charge in [0.2, 0.25) is 0 Å². The fourth-order valence-corrected chi connectivity index (χ4v) is 7.17. The molecule has 0 saturated heterocycles. The first-order valence-corrected chi connectivity index (χ1v) is 20.4. The van der Waals surface area contributed by atoms with Gasteiger partial charge < -0.3 is 28.2 Å². The topological polar surface area (TPSA) is 129 Å². The van der Waals surface area contributed by atoms with Crippen LogP contribution in [-0.2, 0) is 22.3 Å². The summed E-state index contributed by atoms with van der Waals surface area (Å²) in [6.07, 6.45) is 2.57. The van der Waals surface area contributed by atoms with Crippen molar-refractivity contribution in [2.45, 2.75) is 105 Å². The average Bonchev–Trinajstić information content (AvgIpc) is 3.61. The number of benzene rings is 1. The van der Waals surface area contributed by atoms with E-state index in [-0.39, 0.29) is 18.2 Å². The maximum absolute atomic E-state index is 12.9. The van der Waals surface area contributed by atoms with Crippen molar-refractivity contribution in [3.05, 3.63) is 64.0 Å². The van der Waals surface area contributed by atoms with E-state index in [2.05, 4.69) is 53.9 Å². The van der Waals surface area contributed by atoms with Crippen LogP contribution in [0.4, 0.5) is 10.6 Å². The highest BCUT2D eigenvalue weighted by molar-refractivity contribution is 6.74. The molecule has 51 heavy (non-hydrogen) atoms. The minimum Gasteiger partial charge on any atom is -0.491 e. The van der Waals surface area contributed by atoms with Gasteiger partial charge in [-0.25, -0.2) is 24.7 Å². The third-order valence-corrected chi connectivity index (χ3v) is 14.2. The molecule has 0 fully saturated rings. The molecule has 4 aromatic rings. The lowest BCUT2D eigenvalue weighted by atomic mass is 10.0. The molecule has 5 rings (SSSR count). The number of halogens is 1. The molecular weight excluding hydrogens is 686 g/mol. The molecule has 0 radical (unpaired) electrons. The Morgan fingerprint density at radius 1 is 1.10 bits per heavy atom. The van der Waals surface area contributed by atoms with E-state index in [0.29, 0.717) is 46.7 Å². The van der Waals surface area contributed by atoms with Crippen molar-refractivity contribution in [2.24, 2.45) is 0 Å². The molecule has 1 aliphatic heterocycles. The summed E-state index contributed by atoms with van der Waals surface area (Å²) in [5, 5.41) is 4.62. The van der Waals surface area contributed by atoms with Gasteiger partial charge in [0.05, 0.1) is 46.9 Å². The van der Waals surface area contributed by atoms with Crippen LogP contribution in [-0.4, -0.2) is 76.3 Å². The summed E-state index contributed by atoms with van der Waals surface area (Å²) in [4.78, 5) is 35.5. The van der Waals surface area contributed by atoms with Crippen LogP contribution in [0.5, 0.6) is 5.75 Å². The van der Waals surface area contributed by atoms with Gasteiger partial charge in [-0.05, 0) is 77.9 Å². The number of aryl methyl sites for hydroxylation is 2. The van der Waals surface area contributed by atoms with Crippen molar-refractivity contribution >= 4 is 31.8 Å². The predicted molar refractivity (Wildman–Crippen MR) is 201 cm³/mol. The number of carbonyl (C=O) groups is 1. The fraction of sp³-hybridized carbons (Fsp3) is 0.514. The molecule has 1 amide bonds. The second-order valence-electron chi connectivity index (χ2n) is 15.7. The van der Waals surface area contributed by atoms with Gasteiger partial charge in [-0.1, -0.05) is 37.5 Å². The van der Waals surface area contributed by atoms with Crippen LogP contribution < -0.4 is 9.64 Å². The van der Waals surface area contributed by atoms with Crippen molar-refractivity contribution < 1.29 is 23.2 Å². The molecule has 14 heteroatoms. The van der Waals surface area contributed by atoms with Gasteiger partial charge in [0.15, 0.2) is 14.1 Å². The average molecular weight is 736 g/mol. The quantitative estimate of drug-likeness (QED) is 0.146. The molecule has 1 aliphatic rings. The molecule has 1 unspecified atom stereocenters. The number of anilines is 1. The first-order chi connectivity index (χ1) is 23.7. The second kappa shape index (κ2) is 14.5. The summed E-state index contributed by atoms with van der Waals surface area (Å²) in [7, 11) is -0.530. The van der Waals surface area contributed by atoms with Crippen molar-refractivity contribution in [1.82, 2.24) is 30.0 Å². The van der Waals surface area contributed by atoms with Gasteiger partial charge in [0, 0.05) is 36.5 Å². The van der Waals surface area contributed by atoms with Crippen LogP contribution in [0.2, 0.25) is 23.2 Å². The van der Waals surface area contributed by atoms with Gasteiger partial charge in [-0.15, -0.1) is 0 Å². The van der Waals surface area contributed by atoms with Crippen molar-refractivity contribution in [3.63, 3.8) is 0 Å². The maximum atomic E-state index is 12.9. The Hall–Kier alpha value is -4.07. The molecule has 0 N–H and O–H groups in total. The predicted octanol–water partition coefficient (Wildman–Crippen LogP) is 8.32. The molecule has 4 heterocycles. The van der Waals surface area contributed by atoms with Gasteiger partial charge in [0.25, 0.3) is 0 Å². The van der Waals surface area contributed by atoms with Crippen LogP contribution in [0.25, 0.3) is 22.6 Å². The van der Waals surface area contributed by atoms with E-state index < -0.39 is 26.1 Å². The third kappa shape index (κ3) is 8.70. The first-order valence-electron chi connectivity index (χ1n) is 17.1. The smallest absolute Gasteiger partial charge is 0.410 e. The monoisotopic (exact) mass is 735 g/mol. The standard InChI is InChI=1S/C37H50ClN7O5Si/c1-22-32(31-23(2)43-49-24(31)3)41-33(42-34(22)45-17-25-16-39-21-40-30(25)19-45)28-15-26(13-14-29(28)38)47-20-27(50-51(11,12)37(7,8)9)18-44(10)35(46)48-36(4,5)6/h13-16,21,27H,17-20H2,1-12H3. The largest absolute Gasteiger partial charge is 0.491 e. The zero-order valence-electron chi connectivity index (χ0n) is 31.8. The Labute approximate surface area is 307 Å². The van der Waals surface area contributed by atoms with E-state index in [9.17, 15) is 4.79 Å². The highest BCUT2D eigenvalue weighted by Crippen LogP contribution is 2.40. The summed E-state index contributed by atoms with van der Waals surface area (Å²) < 4.78 is 24.4. The lowest BCUT2D eigenvalue weighted by Gasteiger charge is -2.40.